The van der Waals surface area contributed by atoms with Gasteiger partial charge in [-0.05, 0) is 25.0 Å². The van der Waals surface area contributed by atoms with Crippen LogP contribution in [0.4, 0.5) is 5.69 Å². The van der Waals surface area contributed by atoms with E-state index in [0.717, 1.165) is 40.8 Å². The lowest BCUT2D eigenvalue weighted by atomic mass is 10.0. The Hall–Kier alpha value is -2.03. The molecule has 0 spiro atoms. The average Bonchev–Trinajstić information content (AvgIpc) is 2.34. The van der Waals surface area contributed by atoms with E-state index in [1.807, 2.05) is 24.4 Å². The van der Waals surface area contributed by atoms with Crippen molar-refractivity contribution in [1.29, 1.82) is 0 Å². The fourth-order valence-corrected chi connectivity index (χ4v) is 1.90. The van der Waals surface area contributed by atoms with Gasteiger partial charge in [-0.3, -0.25) is 4.98 Å². The number of allylic oxidation sites excluding steroid dienone is 2. The van der Waals surface area contributed by atoms with Gasteiger partial charge in [0.05, 0.1) is 11.2 Å². The van der Waals surface area contributed by atoms with Gasteiger partial charge in [-0.2, -0.15) is 0 Å². The highest BCUT2D eigenvalue weighted by molar-refractivity contribution is 5.90. The van der Waals surface area contributed by atoms with Gasteiger partial charge in [-0.25, -0.2) is 0 Å². The van der Waals surface area contributed by atoms with Crippen molar-refractivity contribution in [3.8, 4) is 0 Å². The molecule has 2 aromatic rings. The molecule has 3 rings (SSSR count). The van der Waals surface area contributed by atoms with Crippen molar-refractivity contribution in [3.63, 3.8) is 0 Å². The first kappa shape index (κ1) is 9.21. The Morgan fingerprint density at radius 3 is 2.75 bits per heavy atom. The summed E-state index contributed by atoms with van der Waals surface area (Å²) in [6.07, 6.45) is 3.85. The molecule has 16 heavy (non-hydrogen) atoms. The first-order valence-corrected chi connectivity index (χ1v) is 5.43. The zero-order valence-corrected chi connectivity index (χ0v) is 8.90. The minimum Gasteiger partial charge on any atom is -0.401 e. The molecular weight excluding hydrogens is 198 g/mol. The molecule has 0 aliphatic heterocycles. The van der Waals surface area contributed by atoms with Crippen molar-refractivity contribution in [3.05, 3.63) is 47.9 Å². The lowest BCUT2D eigenvalue weighted by Crippen LogP contribution is -2.18. The van der Waals surface area contributed by atoms with Crippen LogP contribution in [0.3, 0.4) is 0 Å². The molecule has 1 aliphatic carbocycles. The van der Waals surface area contributed by atoms with Gasteiger partial charge in [0.15, 0.2) is 0 Å². The molecule has 1 heterocycles. The van der Waals surface area contributed by atoms with Crippen molar-refractivity contribution in [2.45, 2.75) is 12.8 Å². The fraction of sp³-hybridized carbons (Fsp3) is 0.154. The van der Waals surface area contributed by atoms with Crippen molar-refractivity contribution in [2.75, 3.05) is 5.32 Å². The van der Waals surface area contributed by atoms with Crippen LogP contribution >= 0.6 is 0 Å². The van der Waals surface area contributed by atoms with Crippen LogP contribution in [0.25, 0.3) is 10.9 Å². The van der Waals surface area contributed by atoms with E-state index in [0.29, 0.717) is 0 Å². The molecule has 0 bridgehead atoms. The largest absolute Gasteiger partial charge is 0.401 e. The van der Waals surface area contributed by atoms with Crippen molar-refractivity contribution >= 4 is 16.6 Å². The Labute approximate surface area is 94.0 Å². The topological polar surface area (TPSA) is 50.9 Å². The summed E-state index contributed by atoms with van der Waals surface area (Å²) in [6, 6.07) is 10.1. The molecule has 0 amide bonds. The Balaban J connectivity index is 2.06. The van der Waals surface area contributed by atoms with Gasteiger partial charge in [-0.1, -0.05) is 18.2 Å². The Kier molecular flexibility index (Phi) is 2.03. The van der Waals surface area contributed by atoms with Gasteiger partial charge >= 0.3 is 0 Å². The molecule has 0 atom stereocenters. The van der Waals surface area contributed by atoms with Gasteiger partial charge in [0.2, 0.25) is 0 Å². The first-order chi connectivity index (χ1) is 7.84. The highest BCUT2D eigenvalue weighted by Gasteiger charge is 2.14. The number of nitrogens with zero attached hydrogens (tertiary/aromatic N) is 1. The van der Waals surface area contributed by atoms with Gasteiger partial charge in [0.1, 0.15) is 0 Å². The number of aromatic nitrogens is 1. The molecule has 3 heteroatoms. The lowest BCUT2D eigenvalue weighted by Gasteiger charge is -2.22. The lowest BCUT2D eigenvalue weighted by molar-refractivity contribution is 0.791. The summed E-state index contributed by atoms with van der Waals surface area (Å²) in [5.41, 5.74) is 9.95. The molecule has 80 valence electrons. The van der Waals surface area contributed by atoms with E-state index in [4.69, 9.17) is 5.73 Å². The summed E-state index contributed by atoms with van der Waals surface area (Å²) >= 11 is 0. The molecular formula is C13H13N3. The maximum absolute atomic E-state index is 5.81. The summed E-state index contributed by atoms with van der Waals surface area (Å²) in [7, 11) is 0. The zero-order valence-electron chi connectivity index (χ0n) is 8.90. The van der Waals surface area contributed by atoms with E-state index in [2.05, 4.69) is 22.4 Å². The smallest absolute Gasteiger partial charge is 0.0936 e. The number of anilines is 1. The van der Waals surface area contributed by atoms with Gasteiger partial charge in [0, 0.05) is 23.0 Å². The van der Waals surface area contributed by atoms with E-state index >= 15 is 0 Å². The van der Waals surface area contributed by atoms with Crippen molar-refractivity contribution in [1.82, 2.24) is 4.98 Å². The molecule has 3 N–H and O–H groups in total. The monoisotopic (exact) mass is 211 g/mol. The van der Waals surface area contributed by atoms with E-state index in [9.17, 15) is 0 Å². The number of fused-ring (bicyclic) bond motifs is 1. The quantitative estimate of drug-likeness (QED) is 0.802. The van der Waals surface area contributed by atoms with Gasteiger partial charge < -0.3 is 11.1 Å². The van der Waals surface area contributed by atoms with Crippen LogP contribution in [0.5, 0.6) is 0 Å². The Bertz CT molecular complexity index is 567. The molecule has 0 saturated carbocycles. The Morgan fingerprint density at radius 2 is 2.00 bits per heavy atom. The molecule has 0 saturated heterocycles. The highest BCUT2D eigenvalue weighted by Crippen LogP contribution is 2.28. The van der Waals surface area contributed by atoms with E-state index in [-0.39, 0.29) is 0 Å². The van der Waals surface area contributed by atoms with Crippen LogP contribution < -0.4 is 11.1 Å². The number of hydrogen-bond acceptors (Lipinski definition) is 3. The molecule has 0 fully saturated rings. The van der Waals surface area contributed by atoms with Crippen molar-refractivity contribution < 1.29 is 0 Å². The van der Waals surface area contributed by atoms with Gasteiger partial charge in [0.25, 0.3) is 0 Å². The third-order valence-electron chi connectivity index (χ3n) is 2.95. The van der Waals surface area contributed by atoms with Crippen LogP contribution in [0, 0.1) is 0 Å². The zero-order chi connectivity index (χ0) is 11.0. The normalized spacial score (nSPS) is 15.0. The third kappa shape index (κ3) is 1.41. The minimum absolute atomic E-state index is 0.966. The molecule has 1 aromatic heterocycles. The highest BCUT2D eigenvalue weighted by atomic mass is 14.9. The van der Waals surface area contributed by atoms with Gasteiger partial charge in [-0.15, -0.1) is 0 Å². The van der Waals surface area contributed by atoms with Crippen LogP contribution in [0.1, 0.15) is 12.8 Å². The maximum atomic E-state index is 5.81. The molecule has 3 nitrogen and oxygen atoms in total. The van der Waals surface area contributed by atoms with Crippen molar-refractivity contribution in [2.24, 2.45) is 5.73 Å². The molecule has 1 aliphatic rings. The molecule has 0 unspecified atom stereocenters. The second-order valence-corrected chi connectivity index (χ2v) is 4.01. The number of pyridine rings is 1. The predicted molar refractivity (Wildman–Crippen MR) is 65.8 cm³/mol. The summed E-state index contributed by atoms with van der Waals surface area (Å²) in [4.78, 5) is 4.39. The molecule has 1 aromatic carbocycles. The first-order valence-electron chi connectivity index (χ1n) is 5.43. The number of rotatable bonds is 2. The second-order valence-electron chi connectivity index (χ2n) is 4.01. The van der Waals surface area contributed by atoms with E-state index in [1.165, 1.54) is 0 Å². The predicted octanol–water partition coefficient (Wildman–Crippen LogP) is 2.61. The molecule has 0 radical (unpaired) electrons. The van der Waals surface area contributed by atoms with E-state index < -0.39 is 0 Å². The van der Waals surface area contributed by atoms with Crippen LogP contribution in [0.15, 0.2) is 47.9 Å². The average molecular weight is 211 g/mol. The van der Waals surface area contributed by atoms with Crippen LogP contribution in [0.2, 0.25) is 0 Å². The number of nitrogens with one attached hydrogen (secondary N) is 1. The SMILES string of the molecule is NC1=C(Nc2cccc3cccnc23)CC1. The fourth-order valence-electron chi connectivity index (χ4n) is 1.90. The maximum Gasteiger partial charge on any atom is 0.0936 e. The van der Waals surface area contributed by atoms with Crippen LogP contribution in [-0.2, 0) is 0 Å². The van der Waals surface area contributed by atoms with E-state index in [1.54, 1.807) is 0 Å². The summed E-state index contributed by atoms with van der Waals surface area (Å²) in [6.45, 7) is 0. The minimum atomic E-state index is 0.966. The number of nitrogens with two attached hydrogens (primary N) is 1. The Morgan fingerprint density at radius 1 is 1.12 bits per heavy atom. The number of hydrogen-bond donors (Lipinski definition) is 2. The van der Waals surface area contributed by atoms with Crippen LogP contribution in [-0.4, -0.2) is 4.98 Å². The number of para-hydroxylation sites is 1. The standard InChI is InChI=1S/C13H13N3/c14-10-6-7-11(10)16-12-5-1-3-9-4-2-8-15-13(9)12/h1-5,8,16H,6-7,14H2. The second kappa shape index (κ2) is 3.52. The summed E-state index contributed by atoms with van der Waals surface area (Å²) in [5.74, 6) is 0. The summed E-state index contributed by atoms with van der Waals surface area (Å²) in [5, 5.41) is 4.51. The summed E-state index contributed by atoms with van der Waals surface area (Å²) < 4.78 is 0. The number of benzene rings is 1. The third-order valence-corrected chi connectivity index (χ3v) is 2.95.